The van der Waals surface area contributed by atoms with Gasteiger partial charge in [-0.1, -0.05) is 6.07 Å². The first-order chi connectivity index (χ1) is 9.75. The summed E-state index contributed by atoms with van der Waals surface area (Å²) in [6.45, 7) is 2.55. The summed E-state index contributed by atoms with van der Waals surface area (Å²) in [6.07, 6.45) is 8.96. The molecule has 2 aliphatic rings. The van der Waals surface area contributed by atoms with Gasteiger partial charge >= 0.3 is 0 Å². The number of nitrogens with one attached hydrogen (secondary N) is 1. The summed E-state index contributed by atoms with van der Waals surface area (Å²) in [5.74, 6) is 1.16. The van der Waals surface area contributed by atoms with Gasteiger partial charge in [-0.05, 0) is 44.6 Å². The van der Waals surface area contributed by atoms with Crippen molar-refractivity contribution in [2.45, 2.75) is 57.5 Å². The standard InChI is InChI=1S/C16H23N3O/c1-12(20)19-11-3-2-9-15(19)14-8-5-10-17-16(14)18-13-6-4-7-13/h5,8,10,13,15H,2-4,6-7,9,11H2,1H3,(H,17,18). The Morgan fingerprint density at radius 1 is 1.30 bits per heavy atom. The maximum atomic E-state index is 11.9. The molecular formula is C16H23N3O. The first kappa shape index (κ1) is 13.4. The third-order valence-electron chi connectivity index (χ3n) is 4.55. The average molecular weight is 273 g/mol. The third-order valence-corrected chi connectivity index (χ3v) is 4.55. The number of piperidine rings is 1. The fraction of sp³-hybridized carbons (Fsp3) is 0.625. The van der Waals surface area contributed by atoms with Gasteiger partial charge < -0.3 is 10.2 Å². The number of hydrogen-bond donors (Lipinski definition) is 1. The molecular weight excluding hydrogens is 250 g/mol. The van der Waals surface area contributed by atoms with Crippen LogP contribution in [-0.4, -0.2) is 28.4 Å². The van der Waals surface area contributed by atoms with Crippen LogP contribution < -0.4 is 5.32 Å². The molecule has 2 fully saturated rings. The highest BCUT2D eigenvalue weighted by atomic mass is 16.2. The molecule has 3 rings (SSSR count). The number of aromatic nitrogens is 1. The highest BCUT2D eigenvalue weighted by Gasteiger charge is 2.29. The number of rotatable bonds is 3. The summed E-state index contributed by atoms with van der Waals surface area (Å²) >= 11 is 0. The summed E-state index contributed by atoms with van der Waals surface area (Å²) in [5, 5.41) is 3.55. The third kappa shape index (κ3) is 2.65. The number of carbonyl (C=O) groups is 1. The molecule has 0 bridgehead atoms. The number of amides is 1. The number of anilines is 1. The van der Waals surface area contributed by atoms with Gasteiger partial charge in [0.15, 0.2) is 0 Å². The van der Waals surface area contributed by atoms with E-state index in [0.717, 1.165) is 25.2 Å². The van der Waals surface area contributed by atoms with Gasteiger partial charge in [-0.3, -0.25) is 4.79 Å². The molecule has 0 spiro atoms. The van der Waals surface area contributed by atoms with Gasteiger partial charge in [0.05, 0.1) is 6.04 Å². The maximum absolute atomic E-state index is 11.9. The van der Waals surface area contributed by atoms with Crippen LogP contribution in [0.3, 0.4) is 0 Å². The van der Waals surface area contributed by atoms with Crippen LogP contribution in [0.25, 0.3) is 0 Å². The summed E-state index contributed by atoms with van der Waals surface area (Å²) in [6, 6.07) is 4.87. The number of likely N-dealkylation sites (tertiary alicyclic amines) is 1. The molecule has 2 heterocycles. The van der Waals surface area contributed by atoms with Crippen molar-refractivity contribution in [3.05, 3.63) is 23.9 Å². The lowest BCUT2D eigenvalue weighted by Gasteiger charge is -2.37. The highest BCUT2D eigenvalue weighted by Crippen LogP contribution is 2.35. The molecule has 1 aliphatic carbocycles. The van der Waals surface area contributed by atoms with Gasteiger partial charge in [-0.25, -0.2) is 4.98 Å². The van der Waals surface area contributed by atoms with Crippen molar-refractivity contribution >= 4 is 11.7 Å². The van der Waals surface area contributed by atoms with E-state index < -0.39 is 0 Å². The molecule has 20 heavy (non-hydrogen) atoms. The molecule has 4 heteroatoms. The van der Waals surface area contributed by atoms with Crippen LogP contribution in [-0.2, 0) is 4.79 Å². The Kier molecular flexibility index (Phi) is 3.90. The van der Waals surface area contributed by atoms with Gasteiger partial charge in [-0.2, -0.15) is 0 Å². The zero-order valence-electron chi connectivity index (χ0n) is 12.1. The van der Waals surface area contributed by atoms with Crippen LogP contribution in [0.15, 0.2) is 18.3 Å². The minimum Gasteiger partial charge on any atom is -0.367 e. The molecule has 108 valence electrons. The molecule has 0 radical (unpaired) electrons. The number of nitrogens with zero attached hydrogens (tertiary/aromatic N) is 2. The zero-order valence-corrected chi connectivity index (χ0v) is 12.1. The van der Waals surface area contributed by atoms with E-state index in [1.807, 2.05) is 17.2 Å². The minimum atomic E-state index is 0.174. The summed E-state index contributed by atoms with van der Waals surface area (Å²) in [7, 11) is 0. The molecule has 1 N–H and O–H groups in total. The van der Waals surface area contributed by atoms with Crippen molar-refractivity contribution < 1.29 is 4.79 Å². The van der Waals surface area contributed by atoms with E-state index in [1.165, 1.54) is 31.2 Å². The maximum Gasteiger partial charge on any atom is 0.219 e. The minimum absolute atomic E-state index is 0.174. The van der Waals surface area contributed by atoms with Crippen LogP contribution in [0.4, 0.5) is 5.82 Å². The summed E-state index contributed by atoms with van der Waals surface area (Å²) in [5.41, 5.74) is 1.19. The summed E-state index contributed by atoms with van der Waals surface area (Å²) < 4.78 is 0. The van der Waals surface area contributed by atoms with Crippen LogP contribution in [0.5, 0.6) is 0 Å². The number of pyridine rings is 1. The van der Waals surface area contributed by atoms with E-state index in [-0.39, 0.29) is 11.9 Å². The van der Waals surface area contributed by atoms with Crippen LogP contribution in [0, 0.1) is 0 Å². The van der Waals surface area contributed by atoms with Crippen molar-refractivity contribution in [2.24, 2.45) is 0 Å². The molecule has 4 nitrogen and oxygen atoms in total. The van der Waals surface area contributed by atoms with E-state index in [4.69, 9.17) is 0 Å². The van der Waals surface area contributed by atoms with Gasteiger partial charge in [0.1, 0.15) is 5.82 Å². The monoisotopic (exact) mass is 273 g/mol. The Bertz CT molecular complexity index is 484. The second kappa shape index (κ2) is 5.81. The predicted octanol–water partition coefficient (Wildman–Crippen LogP) is 3.12. The fourth-order valence-corrected chi connectivity index (χ4v) is 3.18. The van der Waals surface area contributed by atoms with Crippen molar-refractivity contribution in [2.75, 3.05) is 11.9 Å². The fourth-order valence-electron chi connectivity index (χ4n) is 3.18. The molecule has 1 saturated heterocycles. The number of hydrogen-bond acceptors (Lipinski definition) is 3. The summed E-state index contributed by atoms with van der Waals surface area (Å²) in [4.78, 5) is 18.4. The molecule has 1 amide bonds. The van der Waals surface area contributed by atoms with Gasteiger partial charge in [0.25, 0.3) is 0 Å². The second-order valence-corrected chi connectivity index (χ2v) is 5.94. The van der Waals surface area contributed by atoms with E-state index in [9.17, 15) is 4.79 Å². The van der Waals surface area contributed by atoms with E-state index >= 15 is 0 Å². The second-order valence-electron chi connectivity index (χ2n) is 5.94. The van der Waals surface area contributed by atoms with Gasteiger partial charge in [-0.15, -0.1) is 0 Å². The average Bonchev–Trinajstić information content (AvgIpc) is 2.43. The highest BCUT2D eigenvalue weighted by molar-refractivity contribution is 5.74. The Morgan fingerprint density at radius 3 is 2.85 bits per heavy atom. The first-order valence-corrected chi connectivity index (χ1v) is 7.74. The van der Waals surface area contributed by atoms with E-state index in [1.54, 1.807) is 6.92 Å². The Hall–Kier alpha value is -1.58. The Labute approximate surface area is 120 Å². The molecule has 1 aromatic rings. The van der Waals surface area contributed by atoms with Crippen LogP contribution >= 0.6 is 0 Å². The van der Waals surface area contributed by atoms with Gasteiger partial charge in [0.2, 0.25) is 5.91 Å². The van der Waals surface area contributed by atoms with Crippen LogP contribution in [0.2, 0.25) is 0 Å². The quantitative estimate of drug-likeness (QED) is 0.920. The predicted molar refractivity (Wildman–Crippen MR) is 79.5 cm³/mol. The smallest absolute Gasteiger partial charge is 0.219 e. The largest absolute Gasteiger partial charge is 0.367 e. The topological polar surface area (TPSA) is 45.2 Å². The van der Waals surface area contributed by atoms with Crippen molar-refractivity contribution in [1.29, 1.82) is 0 Å². The van der Waals surface area contributed by atoms with E-state index in [2.05, 4.69) is 16.4 Å². The molecule has 1 saturated carbocycles. The zero-order chi connectivity index (χ0) is 13.9. The lowest BCUT2D eigenvalue weighted by molar-refractivity contribution is -0.132. The SMILES string of the molecule is CC(=O)N1CCCCC1c1cccnc1NC1CCC1. The van der Waals surface area contributed by atoms with Gasteiger partial charge in [0, 0.05) is 31.3 Å². The van der Waals surface area contributed by atoms with Crippen molar-refractivity contribution in [1.82, 2.24) is 9.88 Å². The Balaban J connectivity index is 1.85. The van der Waals surface area contributed by atoms with Crippen molar-refractivity contribution in [3.8, 4) is 0 Å². The molecule has 1 aliphatic heterocycles. The molecule has 0 aromatic carbocycles. The lowest BCUT2D eigenvalue weighted by atomic mass is 9.91. The lowest BCUT2D eigenvalue weighted by Crippen LogP contribution is -2.38. The molecule has 1 atom stereocenters. The molecule has 1 aromatic heterocycles. The Morgan fingerprint density at radius 2 is 2.15 bits per heavy atom. The first-order valence-electron chi connectivity index (χ1n) is 7.74. The molecule has 1 unspecified atom stereocenters. The van der Waals surface area contributed by atoms with E-state index in [0.29, 0.717) is 6.04 Å². The number of carbonyl (C=O) groups excluding carboxylic acids is 1. The van der Waals surface area contributed by atoms with Crippen LogP contribution in [0.1, 0.15) is 57.1 Å². The normalized spacial score (nSPS) is 23.2. The van der Waals surface area contributed by atoms with Crippen molar-refractivity contribution in [3.63, 3.8) is 0 Å².